The molecule has 3 heteroatoms. The number of likely N-dealkylation sites (N-methyl/N-ethyl adjacent to an activating group) is 1. The van der Waals surface area contributed by atoms with E-state index >= 15 is 0 Å². The lowest BCUT2D eigenvalue weighted by Crippen LogP contribution is -2.28. The fourth-order valence-electron chi connectivity index (χ4n) is 2.52. The minimum Gasteiger partial charge on any atom is -0.512 e. The first-order valence-corrected chi connectivity index (χ1v) is 6.28. The summed E-state index contributed by atoms with van der Waals surface area (Å²) in [6.45, 7) is 0. The maximum Gasteiger partial charge on any atom is 0.164 e. The summed E-state index contributed by atoms with van der Waals surface area (Å²) in [6.07, 6.45) is 1.90. The van der Waals surface area contributed by atoms with Crippen molar-refractivity contribution < 1.29 is 9.90 Å². The van der Waals surface area contributed by atoms with Crippen LogP contribution in [0.5, 0.6) is 0 Å². The lowest BCUT2D eigenvalue weighted by molar-refractivity contribution is -0.117. The van der Waals surface area contributed by atoms with Crippen LogP contribution in [0.4, 0.5) is 0 Å². The molecule has 0 aliphatic heterocycles. The Labute approximate surface area is 108 Å². The molecule has 1 atom stereocenters. The standard InChI is InChI=1S/C15H19NO2/c1-16(2)15(11-7-4-3-5-8-11)14-12(17)9-6-10-13(14)18/h3-5,7-8,15,17H,6,9-10H2,1-2H3. The highest BCUT2D eigenvalue weighted by atomic mass is 16.3. The molecular formula is C15H19NO2. The maximum absolute atomic E-state index is 12.1. The third-order valence-electron chi connectivity index (χ3n) is 3.33. The molecule has 1 N–H and O–H groups in total. The molecule has 0 bridgehead atoms. The van der Waals surface area contributed by atoms with Gasteiger partial charge in [0.25, 0.3) is 0 Å². The van der Waals surface area contributed by atoms with Gasteiger partial charge in [0.1, 0.15) is 5.76 Å². The van der Waals surface area contributed by atoms with E-state index in [-0.39, 0.29) is 17.6 Å². The number of Topliss-reactive ketones (excluding diaryl/α,β-unsaturated/α-hetero) is 1. The molecule has 1 aliphatic carbocycles. The molecular weight excluding hydrogens is 226 g/mol. The first-order chi connectivity index (χ1) is 8.61. The average molecular weight is 245 g/mol. The van der Waals surface area contributed by atoms with E-state index in [1.54, 1.807) is 0 Å². The summed E-state index contributed by atoms with van der Waals surface area (Å²) >= 11 is 0. The zero-order valence-electron chi connectivity index (χ0n) is 10.9. The van der Waals surface area contributed by atoms with E-state index in [2.05, 4.69) is 0 Å². The normalized spacial score (nSPS) is 18.3. The first kappa shape index (κ1) is 12.8. The average Bonchev–Trinajstić information content (AvgIpc) is 2.34. The van der Waals surface area contributed by atoms with E-state index in [9.17, 15) is 9.90 Å². The predicted octanol–water partition coefficient (Wildman–Crippen LogP) is 2.85. The summed E-state index contributed by atoms with van der Waals surface area (Å²) in [6, 6.07) is 9.69. The van der Waals surface area contributed by atoms with Crippen molar-refractivity contribution >= 4 is 5.78 Å². The number of aliphatic hydroxyl groups is 1. The van der Waals surface area contributed by atoms with Crippen LogP contribution in [0.1, 0.15) is 30.9 Å². The lowest BCUT2D eigenvalue weighted by Gasteiger charge is -2.29. The van der Waals surface area contributed by atoms with Gasteiger partial charge in [-0.15, -0.1) is 0 Å². The highest BCUT2D eigenvalue weighted by molar-refractivity contribution is 5.97. The summed E-state index contributed by atoms with van der Waals surface area (Å²) < 4.78 is 0. The molecule has 2 rings (SSSR count). The summed E-state index contributed by atoms with van der Waals surface area (Å²) in [7, 11) is 3.86. The van der Waals surface area contributed by atoms with E-state index in [1.807, 2.05) is 49.3 Å². The van der Waals surface area contributed by atoms with Crippen LogP contribution in [0, 0.1) is 0 Å². The molecule has 0 heterocycles. The molecule has 1 aliphatic rings. The number of benzene rings is 1. The number of hydrogen-bond acceptors (Lipinski definition) is 3. The zero-order chi connectivity index (χ0) is 13.1. The molecule has 0 saturated carbocycles. The van der Waals surface area contributed by atoms with E-state index in [0.29, 0.717) is 18.4 Å². The van der Waals surface area contributed by atoms with Gasteiger partial charge in [0.15, 0.2) is 5.78 Å². The van der Waals surface area contributed by atoms with Crippen LogP contribution >= 0.6 is 0 Å². The first-order valence-electron chi connectivity index (χ1n) is 6.28. The lowest BCUT2D eigenvalue weighted by atomic mass is 9.87. The van der Waals surface area contributed by atoms with Crippen molar-refractivity contribution in [3.8, 4) is 0 Å². The molecule has 96 valence electrons. The van der Waals surface area contributed by atoms with Crippen molar-refractivity contribution in [3.05, 3.63) is 47.2 Å². The smallest absolute Gasteiger partial charge is 0.164 e. The predicted molar refractivity (Wildman–Crippen MR) is 71.4 cm³/mol. The van der Waals surface area contributed by atoms with Gasteiger partial charge in [0.05, 0.1) is 11.6 Å². The van der Waals surface area contributed by atoms with Crippen LogP contribution in [0.2, 0.25) is 0 Å². The van der Waals surface area contributed by atoms with E-state index < -0.39 is 0 Å². The molecule has 18 heavy (non-hydrogen) atoms. The summed E-state index contributed by atoms with van der Waals surface area (Å²) in [5.74, 6) is 0.329. The highest BCUT2D eigenvalue weighted by Gasteiger charge is 2.30. The monoisotopic (exact) mass is 245 g/mol. The van der Waals surface area contributed by atoms with E-state index in [1.165, 1.54) is 0 Å². The summed E-state index contributed by atoms with van der Waals surface area (Å²) in [4.78, 5) is 14.1. The number of allylic oxidation sites excluding steroid dienone is 1. The number of ketones is 1. The Balaban J connectivity index is 2.46. The molecule has 0 fully saturated rings. The van der Waals surface area contributed by atoms with Crippen LogP contribution < -0.4 is 0 Å². The Morgan fingerprint density at radius 3 is 2.39 bits per heavy atom. The van der Waals surface area contributed by atoms with Gasteiger partial charge in [0.2, 0.25) is 0 Å². The Morgan fingerprint density at radius 2 is 1.83 bits per heavy atom. The van der Waals surface area contributed by atoms with Crippen molar-refractivity contribution in [2.45, 2.75) is 25.3 Å². The van der Waals surface area contributed by atoms with Gasteiger partial charge >= 0.3 is 0 Å². The Morgan fingerprint density at radius 1 is 1.17 bits per heavy atom. The molecule has 0 aromatic heterocycles. The molecule has 1 aromatic rings. The minimum atomic E-state index is -0.154. The van der Waals surface area contributed by atoms with Gasteiger partial charge in [-0.05, 0) is 26.1 Å². The van der Waals surface area contributed by atoms with Crippen molar-refractivity contribution in [1.82, 2.24) is 4.90 Å². The Kier molecular flexibility index (Phi) is 3.82. The quantitative estimate of drug-likeness (QED) is 0.890. The van der Waals surface area contributed by atoms with Crippen molar-refractivity contribution in [3.63, 3.8) is 0 Å². The van der Waals surface area contributed by atoms with Crippen LogP contribution in [0.25, 0.3) is 0 Å². The largest absolute Gasteiger partial charge is 0.512 e. The van der Waals surface area contributed by atoms with E-state index in [0.717, 1.165) is 12.0 Å². The van der Waals surface area contributed by atoms with Crippen LogP contribution in [0.3, 0.4) is 0 Å². The van der Waals surface area contributed by atoms with Crippen molar-refractivity contribution in [2.75, 3.05) is 14.1 Å². The van der Waals surface area contributed by atoms with Crippen LogP contribution in [0.15, 0.2) is 41.7 Å². The molecule has 3 nitrogen and oxygen atoms in total. The maximum atomic E-state index is 12.1. The van der Waals surface area contributed by atoms with Crippen molar-refractivity contribution in [2.24, 2.45) is 0 Å². The number of rotatable bonds is 3. The third-order valence-corrected chi connectivity index (χ3v) is 3.33. The molecule has 1 aromatic carbocycles. The summed E-state index contributed by atoms with van der Waals surface area (Å²) in [5, 5.41) is 10.1. The van der Waals surface area contributed by atoms with Crippen molar-refractivity contribution in [1.29, 1.82) is 0 Å². The molecule has 0 amide bonds. The molecule has 0 radical (unpaired) electrons. The highest BCUT2D eigenvalue weighted by Crippen LogP contribution is 2.33. The van der Waals surface area contributed by atoms with Gasteiger partial charge in [-0.2, -0.15) is 0 Å². The van der Waals surface area contributed by atoms with Gasteiger partial charge in [-0.1, -0.05) is 30.3 Å². The third kappa shape index (κ3) is 2.46. The Hall–Kier alpha value is -1.61. The van der Waals surface area contributed by atoms with Gasteiger partial charge in [-0.25, -0.2) is 0 Å². The van der Waals surface area contributed by atoms with Gasteiger partial charge < -0.3 is 5.11 Å². The number of nitrogens with zero attached hydrogens (tertiary/aromatic N) is 1. The molecule has 0 spiro atoms. The second-order valence-corrected chi connectivity index (χ2v) is 4.91. The number of aliphatic hydroxyl groups excluding tert-OH is 1. The second-order valence-electron chi connectivity index (χ2n) is 4.91. The van der Waals surface area contributed by atoms with Gasteiger partial charge in [0, 0.05) is 12.8 Å². The summed E-state index contributed by atoms with van der Waals surface area (Å²) in [5.41, 5.74) is 1.61. The fraction of sp³-hybridized carbons (Fsp3) is 0.400. The molecule has 1 unspecified atom stereocenters. The number of carbonyl (C=O) groups excluding carboxylic acids is 1. The SMILES string of the molecule is CN(C)C(C1=C(O)CCCC1=O)c1ccccc1. The minimum absolute atomic E-state index is 0.0707. The Bertz CT molecular complexity index is 463. The van der Waals surface area contributed by atoms with Crippen LogP contribution in [-0.2, 0) is 4.79 Å². The number of carbonyl (C=O) groups is 1. The zero-order valence-corrected chi connectivity index (χ0v) is 10.9. The van der Waals surface area contributed by atoms with Gasteiger partial charge in [-0.3, -0.25) is 9.69 Å². The van der Waals surface area contributed by atoms with E-state index in [4.69, 9.17) is 0 Å². The van der Waals surface area contributed by atoms with Crippen LogP contribution in [-0.4, -0.2) is 29.9 Å². The second kappa shape index (κ2) is 5.36. The number of hydrogen-bond donors (Lipinski definition) is 1. The molecule has 0 saturated heterocycles. The topological polar surface area (TPSA) is 40.5 Å². The fourth-order valence-corrected chi connectivity index (χ4v) is 2.52.